The van der Waals surface area contributed by atoms with E-state index in [4.69, 9.17) is 9.97 Å². The van der Waals surface area contributed by atoms with Gasteiger partial charge in [0.25, 0.3) is 0 Å². The molecule has 0 amide bonds. The van der Waals surface area contributed by atoms with Crippen molar-refractivity contribution in [3.05, 3.63) is 176 Å². The third-order valence-corrected chi connectivity index (χ3v) is 12.7. The quantitative estimate of drug-likeness (QED) is 0.182. The SMILES string of the molecule is c1ccc(-n2c3ccccc3c3c4c5ccccc5n(-c5ccccc5)c4c4c(c5ccccc5n4-c4nc5c6c(cccc6n4)Sc4ccccc4-5)c32)cc1. The number of rotatable bonds is 3. The van der Waals surface area contributed by atoms with Gasteiger partial charge in [-0.2, -0.15) is 0 Å². The second-order valence-corrected chi connectivity index (χ2v) is 15.6. The molecule has 0 bridgehead atoms. The van der Waals surface area contributed by atoms with Crippen LogP contribution in [0.2, 0.25) is 0 Å². The number of aromatic nitrogens is 5. The van der Waals surface area contributed by atoms with E-state index in [2.05, 4.69) is 190 Å². The monoisotopic (exact) mass is 731 g/mol. The minimum atomic E-state index is 0.658. The average Bonchev–Trinajstić information content (AvgIpc) is 3.90. The van der Waals surface area contributed by atoms with Crippen molar-refractivity contribution in [2.24, 2.45) is 0 Å². The van der Waals surface area contributed by atoms with Crippen LogP contribution in [0.15, 0.2) is 186 Å². The van der Waals surface area contributed by atoms with Crippen molar-refractivity contribution >= 4 is 88.1 Å². The van der Waals surface area contributed by atoms with E-state index in [1.54, 1.807) is 11.8 Å². The van der Waals surface area contributed by atoms with E-state index in [0.717, 1.165) is 61.0 Å². The number of fused-ring (bicyclic) bond motifs is 14. The van der Waals surface area contributed by atoms with Crippen molar-refractivity contribution < 1.29 is 0 Å². The number of hydrogen-bond donors (Lipinski definition) is 0. The molecule has 5 nitrogen and oxygen atoms in total. The normalized spacial score (nSPS) is 12.6. The lowest BCUT2D eigenvalue weighted by Gasteiger charge is -2.20. The Kier molecular flexibility index (Phi) is 6.04. The van der Waals surface area contributed by atoms with Crippen LogP contribution in [0, 0.1) is 0 Å². The summed E-state index contributed by atoms with van der Waals surface area (Å²) in [7, 11) is 0. The van der Waals surface area contributed by atoms with Crippen LogP contribution in [0.3, 0.4) is 0 Å². The highest BCUT2D eigenvalue weighted by Crippen LogP contribution is 2.51. The fourth-order valence-electron chi connectivity index (χ4n) is 9.44. The van der Waals surface area contributed by atoms with Crippen LogP contribution in [-0.2, 0) is 0 Å². The van der Waals surface area contributed by atoms with E-state index in [-0.39, 0.29) is 0 Å². The number of para-hydroxylation sites is 5. The molecule has 56 heavy (non-hydrogen) atoms. The Balaban J connectivity index is 1.35. The van der Waals surface area contributed by atoms with Crippen LogP contribution < -0.4 is 0 Å². The zero-order chi connectivity index (χ0) is 36.5. The van der Waals surface area contributed by atoms with Gasteiger partial charge in [-0.05, 0) is 60.7 Å². The van der Waals surface area contributed by atoms with E-state index in [9.17, 15) is 0 Å². The maximum atomic E-state index is 5.60. The molecule has 8 aromatic carbocycles. The van der Waals surface area contributed by atoms with Gasteiger partial charge >= 0.3 is 0 Å². The van der Waals surface area contributed by atoms with Gasteiger partial charge in [0.2, 0.25) is 5.95 Å². The van der Waals surface area contributed by atoms with Gasteiger partial charge < -0.3 is 9.13 Å². The molecular formula is C50H29N5S. The second-order valence-electron chi connectivity index (χ2n) is 14.5. The minimum absolute atomic E-state index is 0.658. The van der Waals surface area contributed by atoms with Gasteiger partial charge in [-0.3, -0.25) is 4.57 Å². The van der Waals surface area contributed by atoms with Gasteiger partial charge in [-0.15, -0.1) is 0 Å². The predicted octanol–water partition coefficient (Wildman–Crippen LogP) is 13.1. The third-order valence-electron chi connectivity index (χ3n) is 11.6. The van der Waals surface area contributed by atoms with Crippen LogP contribution in [-0.4, -0.2) is 23.7 Å². The van der Waals surface area contributed by atoms with Gasteiger partial charge in [0.15, 0.2) is 0 Å². The number of hydrogen-bond acceptors (Lipinski definition) is 3. The van der Waals surface area contributed by atoms with E-state index in [0.29, 0.717) is 5.95 Å². The average molecular weight is 732 g/mol. The van der Waals surface area contributed by atoms with Crippen molar-refractivity contribution in [3.8, 4) is 28.6 Å². The smallest absolute Gasteiger partial charge is 0.235 e. The summed E-state index contributed by atoms with van der Waals surface area (Å²) < 4.78 is 7.29. The van der Waals surface area contributed by atoms with Crippen LogP contribution in [0.4, 0.5) is 0 Å². The lowest BCUT2D eigenvalue weighted by atomic mass is 10.0. The van der Waals surface area contributed by atoms with E-state index in [1.807, 2.05) is 0 Å². The molecule has 0 spiro atoms. The summed E-state index contributed by atoms with van der Waals surface area (Å²) in [4.78, 5) is 13.5. The molecule has 6 heteroatoms. The molecule has 260 valence electrons. The summed E-state index contributed by atoms with van der Waals surface area (Å²) in [5.41, 5.74) is 12.1. The molecule has 0 saturated heterocycles. The molecule has 0 N–H and O–H groups in total. The zero-order valence-corrected chi connectivity index (χ0v) is 30.7. The van der Waals surface area contributed by atoms with Crippen LogP contribution in [0.1, 0.15) is 0 Å². The first kappa shape index (κ1) is 30.2. The van der Waals surface area contributed by atoms with Crippen molar-refractivity contribution in [1.82, 2.24) is 23.7 Å². The molecule has 0 fully saturated rings. The fourth-order valence-corrected chi connectivity index (χ4v) is 10.5. The molecule has 0 radical (unpaired) electrons. The van der Waals surface area contributed by atoms with Gasteiger partial charge in [-0.25, -0.2) is 9.97 Å². The van der Waals surface area contributed by atoms with Gasteiger partial charge in [-0.1, -0.05) is 127 Å². The molecule has 12 aromatic rings. The first-order valence-electron chi connectivity index (χ1n) is 18.9. The van der Waals surface area contributed by atoms with Crippen LogP contribution >= 0.6 is 11.8 Å². The Morgan fingerprint density at radius 2 is 0.857 bits per heavy atom. The van der Waals surface area contributed by atoms with E-state index < -0.39 is 0 Å². The molecule has 0 saturated carbocycles. The number of benzene rings is 8. The van der Waals surface area contributed by atoms with Gasteiger partial charge in [0.1, 0.15) is 0 Å². The van der Waals surface area contributed by atoms with Crippen molar-refractivity contribution in [2.75, 3.05) is 0 Å². The Morgan fingerprint density at radius 3 is 1.54 bits per heavy atom. The van der Waals surface area contributed by atoms with Crippen molar-refractivity contribution in [1.29, 1.82) is 0 Å². The maximum absolute atomic E-state index is 5.60. The lowest BCUT2D eigenvalue weighted by Crippen LogP contribution is -2.06. The lowest BCUT2D eigenvalue weighted by molar-refractivity contribution is 1.01. The van der Waals surface area contributed by atoms with E-state index in [1.165, 1.54) is 47.8 Å². The molecule has 0 unspecified atom stereocenters. The number of nitrogens with zero attached hydrogens (tertiary/aromatic N) is 5. The molecule has 0 atom stereocenters. The summed E-state index contributed by atoms with van der Waals surface area (Å²) in [6.07, 6.45) is 0. The highest BCUT2D eigenvalue weighted by atomic mass is 32.2. The predicted molar refractivity (Wildman–Crippen MR) is 232 cm³/mol. The first-order chi connectivity index (χ1) is 27.8. The van der Waals surface area contributed by atoms with Crippen LogP contribution in [0.5, 0.6) is 0 Å². The summed E-state index contributed by atoms with van der Waals surface area (Å²) >= 11 is 1.80. The molecule has 5 heterocycles. The summed E-state index contributed by atoms with van der Waals surface area (Å²) in [5.74, 6) is 0.658. The third kappa shape index (κ3) is 3.90. The molecular weight excluding hydrogens is 703 g/mol. The minimum Gasteiger partial charge on any atom is -0.309 e. The summed E-state index contributed by atoms with van der Waals surface area (Å²) in [6, 6.07) is 63.2. The largest absolute Gasteiger partial charge is 0.309 e. The second kappa shape index (κ2) is 11.2. The van der Waals surface area contributed by atoms with Gasteiger partial charge in [0, 0.05) is 64.4 Å². The Hall–Kier alpha value is -7.15. The zero-order valence-electron chi connectivity index (χ0n) is 29.9. The Labute approximate surface area is 324 Å². The molecule has 13 rings (SSSR count). The van der Waals surface area contributed by atoms with Gasteiger partial charge in [0.05, 0.1) is 44.3 Å². The topological polar surface area (TPSA) is 40.6 Å². The summed E-state index contributed by atoms with van der Waals surface area (Å²) in [5, 5.41) is 8.32. The van der Waals surface area contributed by atoms with Crippen molar-refractivity contribution in [3.63, 3.8) is 0 Å². The Bertz CT molecular complexity index is 3610. The highest BCUT2D eigenvalue weighted by Gasteiger charge is 2.30. The highest BCUT2D eigenvalue weighted by molar-refractivity contribution is 7.99. The van der Waals surface area contributed by atoms with E-state index >= 15 is 0 Å². The molecule has 1 aliphatic rings. The molecule has 1 aliphatic heterocycles. The Morgan fingerprint density at radius 1 is 0.357 bits per heavy atom. The maximum Gasteiger partial charge on any atom is 0.235 e. The summed E-state index contributed by atoms with van der Waals surface area (Å²) in [6.45, 7) is 0. The fraction of sp³-hybridized carbons (Fsp3) is 0. The van der Waals surface area contributed by atoms with Crippen molar-refractivity contribution in [2.45, 2.75) is 9.79 Å². The molecule has 4 aromatic heterocycles. The standard InChI is InChI=1S/C50H29N5S/c1-3-16-30(17-4-1)53-37-25-11-7-20-32(37)42-43-33-21-8-12-26-38(33)54(31-18-5-2-6-19-31)48(43)49-44(47(42)53)34-22-9-13-27-39(34)55(49)50-51-36-24-15-29-41-45(36)46(52-50)35-23-10-14-28-40(35)56-41/h1-29H. The van der Waals surface area contributed by atoms with Crippen LogP contribution in [0.25, 0.3) is 105 Å². The first-order valence-corrected chi connectivity index (χ1v) is 19.8. The molecule has 0 aliphatic carbocycles.